The lowest BCUT2D eigenvalue weighted by atomic mass is 10.0. The SMILES string of the molecule is COC(=O)[C@H](CNC(=O)c1ccc2c(cnn2CCCN(C(=O)OC(C)(C)C)c2ccccn2)c1)NS(=O)(=O)c1c(C)cc(OCCCC(=O)NCCNC(=O)C(CCC(=O)OC(C)(C)C)NC(=O)[C@@H](C)CCC(=O)OC(C)(C)C)cc1C. The van der Waals surface area contributed by atoms with E-state index < -0.39 is 93.1 Å². The summed E-state index contributed by atoms with van der Waals surface area (Å²) in [7, 11) is -3.30. The van der Waals surface area contributed by atoms with E-state index in [0.29, 0.717) is 41.0 Å². The summed E-state index contributed by atoms with van der Waals surface area (Å²) < 4.78 is 59.0. The van der Waals surface area contributed by atoms with Crippen LogP contribution in [-0.4, -0.2) is 140 Å². The first-order valence-corrected chi connectivity index (χ1v) is 29.0. The highest BCUT2D eigenvalue weighted by Crippen LogP contribution is 2.27. The van der Waals surface area contributed by atoms with Gasteiger partial charge in [-0.25, -0.2) is 18.2 Å². The van der Waals surface area contributed by atoms with Crippen molar-refractivity contribution in [3.8, 4) is 5.75 Å². The van der Waals surface area contributed by atoms with E-state index in [9.17, 15) is 46.8 Å². The molecule has 2 aromatic heterocycles. The van der Waals surface area contributed by atoms with Crippen LogP contribution in [-0.2, 0) is 64.3 Å². The Labute approximate surface area is 486 Å². The predicted octanol–water partition coefficient (Wildman–Crippen LogP) is 5.89. The third-order valence-electron chi connectivity index (χ3n) is 12.1. The lowest BCUT2D eigenvalue weighted by Gasteiger charge is -2.26. The van der Waals surface area contributed by atoms with Crippen LogP contribution < -0.4 is 35.6 Å². The molecule has 0 saturated carbocycles. The van der Waals surface area contributed by atoms with E-state index in [1.807, 2.05) is 0 Å². The molecule has 3 atom stereocenters. The number of pyridine rings is 1. The van der Waals surface area contributed by atoms with Crippen molar-refractivity contribution in [1.29, 1.82) is 0 Å². The minimum Gasteiger partial charge on any atom is -0.494 e. The number of aryl methyl sites for hydroxylation is 3. The van der Waals surface area contributed by atoms with Gasteiger partial charge in [0, 0.05) is 75.1 Å². The Kier molecular flexibility index (Phi) is 25.0. The maximum Gasteiger partial charge on any atom is 0.416 e. The van der Waals surface area contributed by atoms with Gasteiger partial charge in [-0.05, 0) is 155 Å². The second-order valence-electron chi connectivity index (χ2n) is 22.9. The number of amides is 5. The molecule has 456 valence electrons. The molecule has 5 N–H and O–H groups in total. The van der Waals surface area contributed by atoms with Gasteiger partial charge in [-0.15, -0.1) is 0 Å². The Balaban J connectivity index is 1.26. The van der Waals surface area contributed by atoms with Gasteiger partial charge in [0.05, 0.1) is 30.3 Å². The average molecular weight is 1180 g/mol. The van der Waals surface area contributed by atoms with Gasteiger partial charge in [0.25, 0.3) is 5.91 Å². The predicted molar refractivity (Wildman–Crippen MR) is 309 cm³/mol. The lowest BCUT2D eigenvalue weighted by Crippen LogP contribution is -2.49. The average Bonchev–Trinajstić information content (AvgIpc) is 3.82. The zero-order valence-corrected chi connectivity index (χ0v) is 50.8. The van der Waals surface area contributed by atoms with E-state index >= 15 is 0 Å². The summed E-state index contributed by atoms with van der Waals surface area (Å²) in [5, 5.41) is 15.8. The Bertz CT molecular complexity index is 3000. The molecular formula is C58H83N9O15S. The fourth-order valence-electron chi connectivity index (χ4n) is 8.31. The highest BCUT2D eigenvalue weighted by atomic mass is 32.2. The number of carbonyl (C=O) groups is 8. The third-order valence-corrected chi connectivity index (χ3v) is 13.8. The first-order chi connectivity index (χ1) is 38.7. The molecule has 0 bridgehead atoms. The van der Waals surface area contributed by atoms with Crippen LogP contribution in [0.25, 0.3) is 10.9 Å². The third kappa shape index (κ3) is 23.2. The van der Waals surface area contributed by atoms with Gasteiger partial charge >= 0.3 is 24.0 Å². The lowest BCUT2D eigenvalue weighted by molar-refractivity contribution is -0.156. The van der Waals surface area contributed by atoms with Crippen LogP contribution in [0.15, 0.2) is 65.8 Å². The molecule has 2 heterocycles. The molecule has 83 heavy (non-hydrogen) atoms. The maximum atomic E-state index is 13.9. The van der Waals surface area contributed by atoms with Crippen LogP contribution in [0.5, 0.6) is 5.75 Å². The molecule has 4 aromatic rings. The normalized spacial score (nSPS) is 12.9. The highest BCUT2D eigenvalue weighted by molar-refractivity contribution is 7.89. The van der Waals surface area contributed by atoms with Crippen molar-refractivity contribution in [3.63, 3.8) is 0 Å². The number of sulfonamides is 1. The highest BCUT2D eigenvalue weighted by Gasteiger charge is 2.31. The second kappa shape index (κ2) is 30.6. The van der Waals surface area contributed by atoms with Crippen molar-refractivity contribution in [2.75, 3.05) is 44.8 Å². The van der Waals surface area contributed by atoms with Crippen molar-refractivity contribution in [2.45, 2.75) is 168 Å². The number of hydrogen-bond donors (Lipinski definition) is 5. The quantitative estimate of drug-likeness (QED) is 0.0241. The standard InChI is InChI=1S/C58H83N9O15S/c1-37(20-24-48(69)80-56(4,5)6)51(71)64-43(22-25-49(70)81-57(7,8)9)53(73)61-28-27-60-47(68)19-16-31-79-42-32-38(2)50(39(3)33-42)83(76,77)65-44(54(74)78-13)36-62-52(72)40-21-23-45-41(34-40)35-63-67(45)30-17-29-66(46-18-14-15-26-59-46)55(75)82-58(10,11)12/h14-15,18,21,23,26,32-35,37,43-44,65H,16-17,19-20,22,24-25,27-31,36H2,1-13H3,(H,60,68)(H,61,73)(H,62,72)(H,64,71)/t37-,43?,44-/m0/s1. The zero-order chi connectivity index (χ0) is 61.9. The number of hydrogen-bond acceptors (Lipinski definition) is 17. The number of benzene rings is 2. The van der Waals surface area contributed by atoms with E-state index in [2.05, 4.69) is 36.1 Å². The van der Waals surface area contributed by atoms with Gasteiger partial charge in [-0.2, -0.15) is 9.82 Å². The fourth-order valence-corrected chi connectivity index (χ4v) is 9.95. The van der Waals surface area contributed by atoms with Crippen LogP contribution >= 0.6 is 0 Å². The summed E-state index contributed by atoms with van der Waals surface area (Å²) in [4.78, 5) is 109. The molecule has 0 aliphatic heterocycles. The van der Waals surface area contributed by atoms with Crippen molar-refractivity contribution in [2.24, 2.45) is 5.92 Å². The van der Waals surface area contributed by atoms with E-state index in [4.69, 9.17) is 23.7 Å². The van der Waals surface area contributed by atoms with Crippen molar-refractivity contribution < 1.29 is 70.5 Å². The molecule has 25 heteroatoms. The molecule has 0 fully saturated rings. The minimum atomic E-state index is -4.39. The molecule has 0 aliphatic carbocycles. The van der Waals surface area contributed by atoms with Crippen LogP contribution in [0.1, 0.15) is 136 Å². The van der Waals surface area contributed by atoms with Gasteiger partial charge in [0.2, 0.25) is 27.7 Å². The van der Waals surface area contributed by atoms with Crippen molar-refractivity contribution in [3.05, 3.63) is 77.6 Å². The Morgan fingerprint density at radius 2 is 1.35 bits per heavy atom. The number of nitrogens with one attached hydrogen (secondary N) is 5. The summed E-state index contributed by atoms with van der Waals surface area (Å²) in [5.41, 5.74) is -0.607. The van der Waals surface area contributed by atoms with E-state index in [0.717, 1.165) is 12.6 Å². The Hall–Kier alpha value is -7.67. The van der Waals surface area contributed by atoms with Crippen LogP contribution in [0.2, 0.25) is 0 Å². The Morgan fingerprint density at radius 1 is 0.723 bits per heavy atom. The maximum absolute atomic E-state index is 13.9. The number of fused-ring (bicyclic) bond motifs is 1. The van der Waals surface area contributed by atoms with E-state index in [1.54, 1.807) is 137 Å². The zero-order valence-electron chi connectivity index (χ0n) is 50.0. The summed E-state index contributed by atoms with van der Waals surface area (Å²) in [6.45, 7) is 20.9. The van der Waals surface area contributed by atoms with Crippen LogP contribution in [0, 0.1) is 19.8 Å². The Morgan fingerprint density at radius 3 is 1.95 bits per heavy atom. The largest absolute Gasteiger partial charge is 0.494 e. The number of nitrogens with zero attached hydrogens (tertiary/aromatic N) is 4. The van der Waals surface area contributed by atoms with Gasteiger partial charge in [-0.1, -0.05) is 13.0 Å². The molecular weight excluding hydrogens is 1090 g/mol. The van der Waals surface area contributed by atoms with Gasteiger partial charge < -0.3 is 45.0 Å². The van der Waals surface area contributed by atoms with Crippen LogP contribution in [0.4, 0.5) is 10.6 Å². The number of rotatable bonds is 29. The fraction of sp³-hybridized carbons (Fsp3) is 0.552. The summed E-state index contributed by atoms with van der Waals surface area (Å²) in [6, 6.07) is 10.6. The van der Waals surface area contributed by atoms with E-state index in [1.165, 1.54) is 17.0 Å². The summed E-state index contributed by atoms with van der Waals surface area (Å²) in [5.74, 6) is -3.81. The van der Waals surface area contributed by atoms with Crippen molar-refractivity contribution >= 4 is 74.4 Å². The second-order valence-corrected chi connectivity index (χ2v) is 24.6. The van der Waals surface area contributed by atoms with Crippen molar-refractivity contribution in [1.82, 2.24) is 40.8 Å². The molecule has 5 amide bonds. The van der Waals surface area contributed by atoms with Gasteiger partial charge in [0.1, 0.15) is 40.5 Å². The molecule has 0 aliphatic rings. The van der Waals surface area contributed by atoms with Crippen LogP contribution in [0.3, 0.4) is 0 Å². The molecule has 1 unspecified atom stereocenters. The number of aromatic nitrogens is 3. The molecule has 2 aromatic carbocycles. The molecule has 24 nitrogen and oxygen atoms in total. The summed E-state index contributed by atoms with van der Waals surface area (Å²) >= 11 is 0. The minimum absolute atomic E-state index is 0.00568. The number of methoxy groups -OCH3 is 1. The van der Waals surface area contributed by atoms with E-state index in [-0.39, 0.29) is 81.1 Å². The first kappa shape index (κ1) is 67.8. The molecule has 4 rings (SSSR count). The smallest absolute Gasteiger partial charge is 0.416 e. The molecule has 0 spiro atoms. The number of carbonyl (C=O) groups excluding carboxylic acids is 8. The summed E-state index contributed by atoms with van der Waals surface area (Å²) in [6.07, 6.45) is 3.44. The molecule has 0 radical (unpaired) electrons. The number of anilines is 1. The van der Waals surface area contributed by atoms with Gasteiger partial charge in [-0.3, -0.25) is 43.1 Å². The monoisotopic (exact) mass is 1180 g/mol. The van der Waals surface area contributed by atoms with Gasteiger partial charge in [0.15, 0.2) is 0 Å². The number of esters is 3. The number of ether oxygens (including phenoxy) is 5. The first-order valence-electron chi connectivity index (χ1n) is 27.5. The molecule has 0 saturated heterocycles. The topological polar surface area (TPSA) is 311 Å².